The predicted molar refractivity (Wildman–Crippen MR) is 62.8 cm³/mol. The number of benzene rings is 1. The Hall–Kier alpha value is -2.10. The van der Waals surface area contributed by atoms with Crippen LogP contribution < -0.4 is 5.69 Å². The highest BCUT2D eigenvalue weighted by Gasteiger charge is 2.07. The maximum atomic E-state index is 11.7. The third-order valence-corrected chi connectivity index (χ3v) is 2.86. The van der Waals surface area contributed by atoms with Crippen LogP contribution in [0.5, 0.6) is 0 Å². The Bertz CT molecular complexity index is 752. The first-order valence-electron chi connectivity index (χ1n) is 5.14. The molecule has 1 N–H and O–H groups in total. The molecule has 3 rings (SSSR count). The summed E-state index contributed by atoms with van der Waals surface area (Å²) in [7, 11) is 0. The van der Waals surface area contributed by atoms with Crippen molar-refractivity contribution in [3.05, 3.63) is 45.9 Å². The number of rotatable bonds is 0. The molecule has 80 valence electrons. The minimum atomic E-state index is -0.189. The molecule has 2 heterocycles. The fourth-order valence-electron chi connectivity index (χ4n) is 2.07. The zero-order valence-corrected chi connectivity index (χ0v) is 9.11. The van der Waals surface area contributed by atoms with Crippen molar-refractivity contribution in [2.45, 2.75) is 13.8 Å². The summed E-state index contributed by atoms with van der Waals surface area (Å²) in [5.74, 6) is 0. The molecular weight excluding hydrogens is 202 g/mol. The Morgan fingerprint density at radius 1 is 1.25 bits per heavy atom. The number of aromatic nitrogens is 3. The van der Waals surface area contributed by atoms with Crippen molar-refractivity contribution in [1.29, 1.82) is 0 Å². The second-order valence-electron chi connectivity index (χ2n) is 4.07. The molecule has 0 spiro atoms. The largest absolute Gasteiger partial charge is 0.348 e. The summed E-state index contributed by atoms with van der Waals surface area (Å²) in [6, 6.07) is 8.01. The van der Waals surface area contributed by atoms with E-state index in [4.69, 9.17) is 0 Å². The molecule has 0 radical (unpaired) electrons. The Morgan fingerprint density at radius 2 is 2.06 bits per heavy atom. The average Bonchev–Trinajstić information content (AvgIpc) is 2.60. The van der Waals surface area contributed by atoms with Gasteiger partial charge in [-0.1, -0.05) is 12.1 Å². The van der Waals surface area contributed by atoms with Crippen LogP contribution >= 0.6 is 0 Å². The fraction of sp³-hybridized carbons (Fsp3) is 0.167. The second kappa shape index (κ2) is 2.95. The molecule has 3 aromatic rings. The zero-order chi connectivity index (χ0) is 11.3. The van der Waals surface area contributed by atoms with Crippen LogP contribution in [-0.2, 0) is 0 Å². The number of aromatic amines is 1. The molecule has 0 aliphatic rings. The molecule has 16 heavy (non-hydrogen) atoms. The normalized spacial score (nSPS) is 11.4. The predicted octanol–water partition coefficient (Wildman–Crippen LogP) is 1.79. The maximum absolute atomic E-state index is 11.7. The summed E-state index contributed by atoms with van der Waals surface area (Å²) >= 11 is 0. The van der Waals surface area contributed by atoms with Crippen molar-refractivity contribution < 1.29 is 0 Å². The van der Waals surface area contributed by atoms with E-state index in [1.165, 1.54) is 0 Å². The molecule has 0 unspecified atom stereocenters. The molecule has 0 bridgehead atoms. The molecule has 0 aliphatic carbocycles. The van der Waals surface area contributed by atoms with Crippen LogP contribution in [0.25, 0.3) is 16.6 Å². The Balaban J connectivity index is 2.70. The van der Waals surface area contributed by atoms with Crippen LogP contribution in [0.15, 0.2) is 29.1 Å². The van der Waals surface area contributed by atoms with E-state index in [9.17, 15) is 4.79 Å². The first kappa shape index (κ1) is 9.15. The van der Waals surface area contributed by atoms with E-state index in [1.807, 2.05) is 38.1 Å². The molecule has 0 saturated carbocycles. The topological polar surface area (TPSA) is 50.2 Å². The van der Waals surface area contributed by atoms with Crippen LogP contribution in [0.3, 0.4) is 0 Å². The number of aryl methyl sites for hydroxylation is 2. The third-order valence-electron chi connectivity index (χ3n) is 2.86. The Kier molecular flexibility index (Phi) is 1.68. The van der Waals surface area contributed by atoms with E-state index < -0.39 is 0 Å². The number of hydrogen-bond acceptors (Lipinski definition) is 2. The van der Waals surface area contributed by atoms with Crippen molar-refractivity contribution in [2.24, 2.45) is 0 Å². The molecule has 0 aliphatic heterocycles. The second-order valence-corrected chi connectivity index (χ2v) is 4.07. The number of nitrogens with zero attached hydrogens (tertiary/aromatic N) is 2. The number of hydrogen-bond donors (Lipinski definition) is 1. The lowest BCUT2D eigenvalue weighted by atomic mass is 10.1. The van der Waals surface area contributed by atoms with E-state index >= 15 is 0 Å². The lowest BCUT2D eigenvalue weighted by molar-refractivity contribution is 1.04. The number of nitrogens with one attached hydrogen (secondary N) is 1. The molecule has 0 fully saturated rings. The van der Waals surface area contributed by atoms with Gasteiger partial charge in [0.15, 0.2) is 5.65 Å². The summed E-state index contributed by atoms with van der Waals surface area (Å²) < 4.78 is 1.61. The quantitative estimate of drug-likeness (QED) is 0.619. The van der Waals surface area contributed by atoms with Crippen molar-refractivity contribution in [3.63, 3.8) is 0 Å². The van der Waals surface area contributed by atoms with Crippen LogP contribution in [-0.4, -0.2) is 14.6 Å². The fourth-order valence-corrected chi connectivity index (χ4v) is 2.07. The van der Waals surface area contributed by atoms with Gasteiger partial charge in [0.05, 0.1) is 5.52 Å². The molecule has 2 aromatic heterocycles. The van der Waals surface area contributed by atoms with E-state index in [0.29, 0.717) is 5.65 Å². The van der Waals surface area contributed by atoms with Crippen LogP contribution in [0.1, 0.15) is 11.1 Å². The van der Waals surface area contributed by atoms with Crippen molar-refractivity contribution >= 4 is 16.6 Å². The highest BCUT2D eigenvalue weighted by molar-refractivity contribution is 5.85. The first-order valence-corrected chi connectivity index (χ1v) is 5.14. The van der Waals surface area contributed by atoms with Gasteiger partial charge in [0.2, 0.25) is 0 Å². The van der Waals surface area contributed by atoms with Gasteiger partial charge in [-0.2, -0.15) is 5.10 Å². The minimum absolute atomic E-state index is 0.189. The van der Waals surface area contributed by atoms with Crippen molar-refractivity contribution in [2.75, 3.05) is 0 Å². The van der Waals surface area contributed by atoms with Gasteiger partial charge < -0.3 is 0 Å². The average molecular weight is 213 g/mol. The number of pyridine rings is 1. The molecule has 1 aromatic carbocycles. The summed E-state index contributed by atoms with van der Waals surface area (Å²) in [6.07, 6.45) is 0. The smallest absolute Gasteiger partial charge is 0.246 e. The number of H-pyrrole nitrogens is 1. The summed E-state index contributed by atoms with van der Waals surface area (Å²) in [6.45, 7) is 4.04. The molecule has 0 amide bonds. The lowest BCUT2D eigenvalue weighted by Crippen LogP contribution is -2.10. The molecular formula is C12H11N3O. The SMILES string of the molecule is Cc1ccc2c(C)cc3n[nH]c(=O)n3c2c1. The summed E-state index contributed by atoms with van der Waals surface area (Å²) in [4.78, 5) is 11.7. The summed E-state index contributed by atoms with van der Waals surface area (Å²) in [5.41, 5.74) is 3.65. The standard InChI is InChI=1S/C12H11N3O/c1-7-3-4-9-8(2)6-11-13-14-12(16)15(11)10(9)5-7/h3-6H,1-2H3,(H,14,16). The van der Waals surface area contributed by atoms with Gasteiger partial charge in [0.1, 0.15) is 0 Å². The molecule has 4 nitrogen and oxygen atoms in total. The van der Waals surface area contributed by atoms with Crippen LogP contribution in [0.4, 0.5) is 0 Å². The minimum Gasteiger partial charge on any atom is -0.246 e. The number of fused-ring (bicyclic) bond motifs is 3. The monoisotopic (exact) mass is 213 g/mol. The highest BCUT2D eigenvalue weighted by atomic mass is 16.1. The van der Waals surface area contributed by atoms with Crippen LogP contribution in [0, 0.1) is 13.8 Å². The van der Waals surface area contributed by atoms with Gasteiger partial charge in [-0.15, -0.1) is 0 Å². The third kappa shape index (κ3) is 1.10. The Labute approximate surface area is 91.5 Å². The molecule has 0 saturated heterocycles. The highest BCUT2D eigenvalue weighted by Crippen LogP contribution is 2.20. The van der Waals surface area contributed by atoms with Gasteiger partial charge in [-0.3, -0.25) is 0 Å². The van der Waals surface area contributed by atoms with E-state index in [0.717, 1.165) is 22.0 Å². The van der Waals surface area contributed by atoms with Crippen LogP contribution in [0.2, 0.25) is 0 Å². The van der Waals surface area contributed by atoms with E-state index in [-0.39, 0.29) is 5.69 Å². The first-order chi connectivity index (χ1) is 7.66. The Morgan fingerprint density at radius 3 is 2.88 bits per heavy atom. The summed E-state index contributed by atoms with van der Waals surface area (Å²) in [5, 5.41) is 7.54. The van der Waals surface area contributed by atoms with Gasteiger partial charge >= 0.3 is 5.69 Å². The van der Waals surface area contributed by atoms with E-state index in [1.54, 1.807) is 4.40 Å². The molecule has 0 atom stereocenters. The lowest BCUT2D eigenvalue weighted by Gasteiger charge is -2.05. The van der Waals surface area contributed by atoms with Crippen molar-refractivity contribution in [1.82, 2.24) is 14.6 Å². The van der Waals surface area contributed by atoms with Gasteiger partial charge in [-0.25, -0.2) is 14.3 Å². The van der Waals surface area contributed by atoms with E-state index in [2.05, 4.69) is 10.2 Å². The van der Waals surface area contributed by atoms with Gasteiger partial charge in [-0.05, 0) is 37.1 Å². The van der Waals surface area contributed by atoms with Gasteiger partial charge in [0, 0.05) is 5.39 Å². The maximum Gasteiger partial charge on any atom is 0.348 e. The van der Waals surface area contributed by atoms with Crippen molar-refractivity contribution in [3.8, 4) is 0 Å². The molecule has 4 heteroatoms. The zero-order valence-electron chi connectivity index (χ0n) is 9.11. The van der Waals surface area contributed by atoms with Gasteiger partial charge in [0.25, 0.3) is 0 Å².